The second-order valence-electron chi connectivity index (χ2n) is 10.4. The first-order chi connectivity index (χ1) is 16.6. The molecule has 6 atom stereocenters. The van der Waals surface area contributed by atoms with Crippen LogP contribution in [0.2, 0.25) is 0 Å². The first kappa shape index (κ1) is 24.1. The van der Waals surface area contributed by atoms with Crippen LogP contribution in [0.1, 0.15) is 50.7 Å². The number of aryl methyl sites for hydroxylation is 1. The van der Waals surface area contributed by atoms with Gasteiger partial charge in [0.25, 0.3) is 0 Å². The second kappa shape index (κ2) is 8.50. The standard InChI is InChI=1S/C26H34N2O7/c1-14-7-8-18(29)21-20(14)25-11-13-28(4)16(3)26(25,32)10-9-19(22(25)35-21)34-23(30)15(2)33-24(31)17-6-5-12-27-17/h7-9,15-17,22,27,29,32H,5-6,10-13H2,1-4H3/t15-,16+,17-,22?,25?,26+/m0/s1. The molecule has 1 aliphatic carbocycles. The average Bonchev–Trinajstić information content (AvgIpc) is 3.48. The van der Waals surface area contributed by atoms with Gasteiger partial charge in [-0.15, -0.1) is 0 Å². The van der Waals surface area contributed by atoms with E-state index in [0.29, 0.717) is 25.1 Å². The number of fused-ring (bicyclic) bond motifs is 1. The van der Waals surface area contributed by atoms with E-state index in [1.165, 1.54) is 6.92 Å². The summed E-state index contributed by atoms with van der Waals surface area (Å²) >= 11 is 0. The molecule has 0 aromatic heterocycles. The van der Waals surface area contributed by atoms with E-state index in [4.69, 9.17) is 14.2 Å². The van der Waals surface area contributed by atoms with E-state index < -0.39 is 41.2 Å². The number of phenols is 1. The van der Waals surface area contributed by atoms with Crippen molar-refractivity contribution in [1.82, 2.24) is 10.2 Å². The number of benzene rings is 1. The molecule has 2 saturated heterocycles. The number of hydrogen-bond acceptors (Lipinski definition) is 9. The zero-order chi connectivity index (χ0) is 25.1. The third kappa shape index (κ3) is 3.47. The molecule has 0 amide bonds. The zero-order valence-corrected chi connectivity index (χ0v) is 20.7. The highest BCUT2D eigenvalue weighted by Crippen LogP contribution is 2.62. The highest BCUT2D eigenvalue weighted by Gasteiger charge is 2.69. The predicted molar refractivity (Wildman–Crippen MR) is 126 cm³/mol. The predicted octanol–water partition coefficient (Wildman–Crippen LogP) is 1.67. The number of piperidine rings is 1. The van der Waals surface area contributed by atoms with Crippen molar-refractivity contribution >= 4 is 11.9 Å². The minimum Gasteiger partial charge on any atom is -0.504 e. The molecule has 0 radical (unpaired) electrons. The van der Waals surface area contributed by atoms with Gasteiger partial charge in [0.1, 0.15) is 11.8 Å². The van der Waals surface area contributed by atoms with E-state index >= 15 is 0 Å². The van der Waals surface area contributed by atoms with Gasteiger partial charge in [-0.2, -0.15) is 0 Å². The molecule has 1 aromatic carbocycles. The van der Waals surface area contributed by atoms with E-state index in [0.717, 1.165) is 24.1 Å². The second-order valence-corrected chi connectivity index (χ2v) is 10.4. The summed E-state index contributed by atoms with van der Waals surface area (Å²) in [6, 6.07) is 2.79. The van der Waals surface area contributed by atoms with E-state index in [1.807, 2.05) is 27.0 Å². The summed E-state index contributed by atoms with van der Waals surface area (Å²) in [4.78, 5) is 27.4. The van der Waals surface area contributed by atoms with E-state index in [1.54, 1.807) is 12.1 Å². The molecular formula is C26H34N2O7. The molecular weight excluding hydrogens is 452 g/mol. The Bertz CT molecular complexity index is 1080. The van der Waals surface area contributed by atoms with Gasteiger partial charge in [-0.05, 0) is 77.9 Å². The quantitative estimate of drug-likeness (QED) is 0.546. The lowest BCUT2D eigenvalue weighted by molar-refractivity contribution is -0.172. The van der Waals surface area contributed by atoms with Crippen LogP contribution in [0.25, 0.3) is 0 Å². The van der Waals surface area contributed by atoms with Crippen molar-refractivity contribution in [3.63, 3.8) is 0 Å². The molecule has 0 bridgehead atoms. The lowest BCUT2D eigenvalue weighted by atomic mass is 9.54. The molecule has 9 nitrogen and oxygen atoms in total. The summed E-state index contributed by atoms with van der Waals surface area (Å²) in [6.45, 7) is 6.85. The van der Waals surface area contributed by atoms with Gasteiger partial charge in [0.2, 0.25) is 0 Å². The zero-order valence-electron chi connectivity index (χ0n) is 20.7. The van der Waals surface area contributed by atoms with Crippen molar-refractivity contribution in [1.29, 1.82) is 0 Å². The van der Waals surface area contributed by atoms with Gasteiger partial charge in [0.15, 0.2) is 23.7 Å². The molecule has 3 aliphatic heterocycles. The Balaban J connectivity index is 1.47. The van der Waals surface area contributed by atoms with Crippen molar-refractivity contribution in [2.75, 3.05) is 20.1 Å². The molecule has 2 fully saturated rings. The molecule has 3 heterocycles. The Labute approximate surface area is 205 Å². The number of likely N-dealkylation sites (tertiary alicyclic amines) is 1. The summed E-state index contributed by atoms with van der Waals surface area (Å²) in [7, 11) is 1.98. The first-order valence-electron chi connectivity index (χ1n) is 12.4. The number of nitrogens with zero attached hydrogens (tertiary/aromatic N) is 1. The van der Waals surface area contributed by atoms with Crippen molar-refractivity contribution in [2.24, 2.45) is 0 Å². The summed E-state index contributed by atoms with van der Waals surface area (Å²) in [5, 5.41) is 25.9. The summed E-state index contributed by atoms with van der Waals surface area (Å²) < 4.78 is 17.4. The molecule has 4 aliphatic rings. The first-order valence-corrected chi connectivity index (χ1v) is 12.4. The van der Waals surface area contributed by atoms with Crippen molar-refractivity contribution in [2.45, 2.75) is 81.8 Å². The maximum atomic E-state index is 13.0. The maximum absolute atomic E-state index is 13.0. The Morgan fingerprint density at radius 1 is 1.34 bits per heavy atom. The van der Waals surface area contributed by atoms with Crippen LogP contribution < -0.4 is 10.1 Å². The monoisotopic (exact) mass is 486 g/mol. The fraction of sp³-hybridized carbons (Fsp3) is 0.615. The van der Waals surface area contributed by atoms with E-state index in [2.05, 4.69) is 10.2 Å². The Hall–Kier alpha value is -2.62. The normalized spacial score (nSPS) is 34.7. The number of hydrogen-bond donors (Lipinski definition) is 3. The molecule has 35 heavy (non-hydrogen) atoms. The van der Waals surface area contributed by atoms with Gasteiger partial charge in [0.05, 0.1) is 11.0 Å². The molecule has 1 aromatic rings. The number of esters is 2. The SMILES string of the molecule is Cc1ccc(O)c2c1C13CCN(C)[C@H](C)[C@]1(O)CC=C(OC(=O)[C@H](C)OC(=O)[C@@H]1CCCN1)C3O2. The third-order valence-electron chi connectivity index (χ3n) is 8.52. The lowest BCUT2D eigenvalue weighted by Gasteiger charge is -2.58. The van der Waals surface area contributed by atoms with Crippen LogP contribution >= 0.6 is 0 Å². The lowest BCUT2D eigenvalue weighted by Crippen LogP contribution is -2.71. The van der Waals surface area contributed by atoms with Gasteiger partial charge in [-0.1, -0.05) is 6.07 Å². The maximum Gasteiger partial charge on any atom is 0.352 e. The van der Waals surface area contributed by atoms with Crippen LogP contribution in [0.4, 0.5) is 0 Å². The number of carbonyl (C=O) groups is 2. The fourth-order valence-electron chi connectivity index (χ4n) is 6.39. The summed E-state index contributed by atoms with van der Waals surface area (Å²) in [5.74, 6) is -0.594. The molecule has 190 valence electrons. The molecule has 0 saturated carbocycles. The minimum absolute atomic E-state index is 0.0136. The van der Waals surface area contributed by atoms with Gasteiger partial charge in [0, 0.05) is 18.0 Å². The van der Waals surface area contributed by atoms with Crippen LogP contribution in [-0.4, -0.2) is 77.1 Å². The number of ether oxygens (including phenoxy) is 3. The highest BCUT2D eigenvalue weighted by molar-refractivity contribution is 5.82. The number of nitrogens with one attached hydrogen (secondary N) is 1. The molecule has 5 rings (SSSR count). The van der Waals surface area contributed by atoms with E-state index in [9.17, 15) is 19.8 Å². The summed E-state index contributed by atoms with van der Waals surface area (Å²) in [5.41, 5.74) is -0.459. The van der Waals surface area contributed by atoms with Crippen molar-refractivity contribution < 1.29 is 34.0 Å². The average molecular weight is 487 g/mol. The highest BCUT2D eigenvalue weighted by atomic mass is 16.6. The smallest absolute Gasteiger partial charge is 0.352 e. The molecule has 2 unspecified atom stereocenters. The fourth-order valence-corrected chi connectivity index (χ4v) is 6.39. The Morgan fingerprint density at radius 2 is 2.11 bits per heavy atom. The number of likely N-dealkylation sites (N-methyl/N-ethyl adjacent to an activating group) is 1. The van der Waals surface area contributed by atoms with Crippen molar-refractivity contribution in [3.05, 3.63) is 35.1 Å². The van der Waals surface area contributed by atoms with Crippen molar-refractivity contribution in [3.8, 4) is 11.5 Å². The van der Waals surface area contributed by atoms with Crippen LogP contribution in [-0.2, 0) is 24.5 Å². The number of phenolic OH excluding ortho intramolecular Hbond substituents is 1. The molecule has 1 spiro atoms. The minimum atomic E-state index is -1.21. The summed E-state index contributed by atoms with van der Waals surface area (Å²) in [6.07, 6.45) is 2.16. The Kier molecular flexibility index (Phi) is 5.85. The largest absolute Gasteiger partial charge is 0.504 e. The van der Waals surface area contributed by atoms with Crippen LogP contribution in [0, 0.1) is 6.92 Å². The van der Waals surface area contributed by atoms with Gasteiger partial charge >= 0.3 is 11.9 Å². The van der Waals surface area contributed by atoms with Gasteiger partial charge in [-0.3, -0.25) is 4.79 Å². The third-order valence-corrected chi connectivity index (χ3v) is 8.52. The number of rotatable bonds is 4. The van der Waals surface area contributed by atoms with Crippen LogP contribution in [0.5, 0.6) is 11.5 Å². The van der Waals surface area contributed by atoms with E-state index in [-0.39, 0.29) is 24.0 Å². The van der Waals surface area contributed by atoms with Crippen LogP contribution in [0.15, 0.2) is 24.0 Å². The molecule has 9 heteroatoms. The number of carbonyl (C=O) groups excluding carboxylic acids is 2. The molecule has 3 N–H and O–H groups in total. The topological polar surface area (TPSA) is 118 Å². The number of aromatic hydroxyl groups is 1. The van der Waals surface area contributed by atoms with Gasteiger partial charge in [-0.25, -0.2) is 4.79 Å². The van der Waals surface area contributed by atoms with Crippen LogP contribution in [0.3, 0.4) is 0 Å². The van der Waals surface area contributed by atoms with Gasteiger partial charge < -0.3 is 34.6 Å². The Morgan fingerprint density at radius 3 is 2.83 bits per heavy atom. The number of aliphatic hydroxyl groups is 1.